The van der Waals surface area contributed by atoms with E-state index < -0.39 is 4.92 Å². The zero-order valence-corrected chi connectivity index (χ0v) is 10.7. The third-order valence-corrected chi connectivity index (χ3v) is 2.68. The molecule has 5 heteroatoms. The lowest BCUT2D eigenvalue weighted by atomic mass is 10.2. The molecule has 19 heavy (non-hydrogen) atoms. The molecular formula is C14H15N2O3+. The maximum atomic E-state index is 10.6. The van der Waals surface area contributed by atoms with Crippen molar-refractivity contribution in [3.8, 4) is 5.75 Å². The van der Waals surface area contributed by atoms with Gasteiger partial charge in [0.2, 0.25) is 0 Å². The number of benzene rings is 1. The largest absolute Gasteiger partial charge is 0.493 e. The lowest BCUT2D eigenvalue weighted by molar-refractivity contribution is -0.688. The highest BCUT2D eigenvalue weighted by Crippen LogP contribution is 2.12. The molecule has 0 unspecified atom stereocenters. The molecule has 1 aromatic carbocycles. The minimum absolute atomic E-state index is 0.112. The Morgan fingerprint density at radius 3 is 2.32 bits per heavy atom. The Labute approximate surface area is 111 Å². The van der Waals surface area contributed by atoms with Crippen LogP contribution in [0.15, 0.2) is 48.8 Å². The van der Waals surface area contributed by atoms with Crippen LogP contribution >= 0.6 is 0 Å². The molecule has 0 saturated heterocycles. The Morgan fingerprint density at radius 1 is 1.16 bits per heavy atom. The minimum atomic E-state index is -0.395. The molecule has 0 spiro atoms. The van der Waals surface area contributed by atoms with Gasteiger partial charge in [-0.2, -0.15) is 0 Å². The van der Waals surface area contributed by atoms with E-state index in [-0.39, 0.29) is 5.69 Å². The first-order chi connectivity index (χ1) is 9.19. The normalized spacial score (nSPS) is 10.2. The number of non-ortho nitro benzene ring substituents is 1. The maximum Gasteiger partial charge on any atom is 0.269 e. The van der Waals surface area contributed by atoms with Crippen LogP contribution in [0.3, 0.4) is 0 Å². The van der Waals surface area contributed by atoms with Crippen molar-refractivity contribution in [3.63, 3.8) is 0 Å². The number of nitrogens with zero attached hydrogens (tertiary/aromatic N) is 2. The first-order valence-corrected chi connectivity index (χ1v) is 6.04. The van der Waals surface area contributed by atoms with Crippen molar-refractivity contribution >= 4 is 5.69 Å². The lowest BCUT2D eigenvalue weighted by Crippen LogP contribution is -2.32. The van der Waals surface area contributed by atoms with Gasteiger partial charge >= 0.3 is 0 Å². The number of pyridine rings is 1. The molecule has 5 nitrogen and oxygen atoms in total. The first-order valence-electron chi connectivity index (χ1n) is 6.04. The summed E-state index contributed by atoms with van der Waals surface area (Å²) >= 11 is 0. The molecule has 1 aromatic heterocycles. The highest BCUT2D eigenvalue weighted by atomic mass is 16.6. The van der Waals surface area contributed by atoms with E-state index >= 15 is 0 Å². The van der Waals surface area contributed by atoms with Crippen molar-refractivity contribution in [3.05, 3.63) is 64.5 Å². The molecule has 0 saturated carbocycles. The molecule has 0 aliphatic rings. The molecule has 0 radical (unpaired) electrons. The van der Waals surface area contributed by atoms with E-state index in [1.54, 1.807) is 12.1 Å². The molecule has 0 aliphatic carbocycles. The number of nitro groups is 1. The predicted molar refractivity (Wildman–Crippen MR) is 70.0 cm³/mol. The van der Waals surface area contributed by atoms with Gasteiger partial charge in [-0.15, -0.1) is 0 Å². The van der Waals surface area contributed by atoms with Crippen LogP contribution in [0.5, 0.6) is 5.75 Å². The zero-order chi connectivity index (χ0) is 13.7. The Morgan fingerprint density at radius 2 is 1.79 bits per heavy atom. The van der Waals surface area contributed by atoms with Crippen molar-refractivity contribution in [1.29, 1.82) is 0 Å². The van der Waals surface area contributed by atoms with E-state index in [1.165, 1.54) is 12.1 Å². The fourth-order valence-electron chi connectivity index (χ4n) is 1.75. The van der Waals surface area contributed by atoms with Gasteiger partial charge in [-0.1, -0.05) is 0 Å². The smallest absolute Gasteiger partial charge is 0.269 e. The van der Waals surface area contributed by atoms with Crippen LogP contribution < -0.4 is 9.30 Å². The van der Waals surface area contributed by atoms with Gasteiger partial charge in [0.15, 0.2) is 18.9 Å². The topological polar surface area (TPSA) is 56.2 Å². The highest BCUT2D eigenvalue weighted by Gasteiger charge is 2.07. The van der Waals surface area contributed by atoms with Gasteiger partial charge in [0, 0.05) is 29.8 Å². The summed E-state index contributed by atoms with van der Waals surface area (Å²) in [6.07, 6.45) is 3.85. The molecule has 0 atom stereocenters. The Bertz CT molecular complexity index is 550. The number of nitro benzene ring substituents is 1. The molecule has 0 fully saturated rings. The fourth-order valence-corrected chi connectivity index (χ4v) is 1.75. The zero-order valence-electron chi connectivity index (χ0n) is 10.7. The van der Waals surface area contributed by atoms with Crippen molar-refractivity contribution in [2.24, 2.45) is 0 Å². The van der Waals surface area contributed by atoms with Crippen LogP contribution in [0, 0.1) is 10.1 Å². The van der Waals surface area contributed by atoms with Gasteiger partial charge in [0.1, 0.15) is 5.75 Å². The summed E-state index contributed by atoms with van der Waals surface area (Å²) in [5.74, 6) is 0.836. The summed E-state index contributed by atoms with van der Waals surface area (Å²) in [5.41, 5.74) is 1.13. The van der Waals surface area contributed by atoms with Gasteiger partial charge in [0.05, 0.1) is 11.5 Å². The van der Waals surface area contributed by atoms with E-state index in [9.17, 15) is 10.1 Å². The van der Waals surface area contributed by atoms with Crippen LogP contribution in [0.25, 0.3) is 0 Å². The van der Waals surface area contributed by atoms with Crippen LogP contribution in [0.4, 0.5) is 5.69 Å². The number of hydrogen-bond acceptors (Lipinski definition) is 3. The first kappa shape index (κ1) is 13.0. The predicted octanol–water partition coefficient (Wildman–Crippen LogP) is 2.33. The molecule has 0 bridgehead atoms. The molecule has 0 amide bonds. The summed E-state index contributed by atoms with van der Waals surface area (Å²) in [4.78, 5) is 10.2. The van der Waals surface area contributed by atoms with Crippen molar-refractivity contribution in [2.45, 2.75) is 13.5 Å². The number of rotatable bonds is 5. The second kappa shape index (κ2) is 5.95. The van der Waals surface area contributed by atoms with Crippen LogP contribution in [0.2, 0.25) is 0 Å². The monoisotopic (exact) mass is 259 g/mol. The maximum absolute atomic E-state index is 10.6. The molecular weight excluding hydrogens is 244 g/mol. The Balaban J connectivity index is 2.06. The molecule has 0 N–H and O–H groups in total. The van der Waals surface area contributed by atoms with Gasteiger partial charge < -0.3 is 4.74 Å². The third kappa shape index (κ3) is 3.51. The van der Waals surface area contributed by atoms with Crippen molar-refractivity contribution in [1.82, 2.24) is 0 Å². The van der Waals surface area contributed by atoms with E-state index in [1.807, 2.05) is 36.0 Å². The highest BCUT2D eigenvalue weighted by molar-refractivity contribution is 5.32. The molecule has 98 valence electrons. The van der Waals surface area contributed by atoms with E-state index in [0.29, 0.717) is 13.2 Å². The van der Waals surface area contributed by atoms with Crippen molar-refractivity contribution in [2.75, 3.05) is 6.61 Å². The molecule has 0 aliphatic heterocycles. The van der Waals surface area contributed by atoms with Gasteiger partial charge in [-0.3, -0.25) is 10.1 Å². The average Bonchev–Trinajstić information content (AvgIpc) is 2.42. The summed E-state index contributed by atoms with van der Waals surface area (Å²) < 4.78 is 7.35. The quantitative estimate of drug-likeness (QED) is 0.470. The van der Waals surface area contributed by atoms with Crippen LogP contribution in [0.1, 0.15) is 12.5 Å². The second-order valence-corrected chi connectivity index (χ2v) is 4.06. The Hall–Kier alpha value is -2.43. The van der Waals surface area contributed by atoms with E-state index in [4.69, 9.17) is 4.74 Å². The molecule has 1 heterocycles. The van der Waals surface area contributed by atoms with Crippen LogP contribution in [-0.4, -0.2) is 11.5 Å². The standard InChI is InChI=1S/C14H15N2O3/c1-2-19-14-7-9-15(10-8-14)11-12-3-5-13(6-4-12)16(17)18/h3-10H,2,11H2,1H3/q+1. The van der Waals surface area contributed by atoms with Gasteiger partial charge in [-0.25, -0.2) is 4.57 Å². The van der Waals surface area contributed by atoms with Crippen LogP contribution in [-0.2, 0) is 6.54 Å². The summed E-state index contributed by atoms with van der Waals surface area (Å²) in [6.45, 7) is 3.26. The average molecular weight is 259 g/mol. The molecule has 2 aromatic rings. The fraction of sp³-hybridized carbons (Fsp3) is 0.214. The van der Waals surface area contributed by atoms with Gasteiger partial charge in [0.25, 0.3) is 5.69 Å². The van der Waals surface area contributed by atoms with E-state index in [0.717, 1.165) is 11.3 Å². The lowest BCUT2D eigenvalue weighted by Gasteiger charge is -2.01. The Kier molecular flexibility index (Phi) is 4.07. The van der Waals surface area contributed by atoms with E-state index in [2.05, 4.69) is 0 Å². The second-order valence-electron chi connectivity index (χ2n) is 4.06. The summed E-state index contributed by atoms with van der Waals surface area (Å²) in [7, 11) is 0. The summed E-state index contributed by atoms with van der Waals surface area (Å²) in [6, 6.07) is 10.4. The van der Waals surface area contributed by atoms with Gasteiger partial charge in [-0.05, 0) is 19.1 Å². The SMILES string of the molecule is CCOc1cc[n+](Cc2ccc([N+](=O)[O-])cc2)cc1. The number of ether oxygens (including phenoxy) is 1. The van der Waals surface area contributed by atoms with Crippen molar-refractivity contribution < 1.29 is 14.2 Å². The number of hydrogen-bond donors (Lipinski definition) is 0. The number of aromatic nitrogens is 1. The molecule has 2 rings (SSSR count). The minimum Gasteiger partial charge on any atom is -0.493 e. The summed E-state index contributed by atoms with van der Waals surface area (Å²) in [5, 5.41) is 10.6. The third-order valence-electron chi connectivity index (χ3n) is 2.68.